The Morgan fingerprint density at radius 1 is 1.50 bits per heavy atom. The number of rotatable bonds is 7. The second-order valence-corrected chi connectivity index (χ2v) is 7.52. The molecule has 0 spiro atoms. The van der Waals surface area contributed by atoms with E-state index in [9.17, 15) is 18.5 Å². The zero-order valence-corrected chi connectivity index (χ0v) is 13.4. The minimum Gasteiger partial charge on any atom is -0.258 e. The normalized spacial score (nSPS) is 13.2. The molecule has 0 heterocycles. The van der Waals surface area contributed by atoms with Gasteiger partial charge in [0.05, 0.1) is 9.95 Å². The molecule has 0 amide bonds. The molecule has 0 saturated carbocycles. The fourth-order valence-electron chi connectivity index (χ4n) is 1.40. The van der Waals surface area contributed by atoms with Crippen molar-refractivity contribution in [2.45, 2.75) is 23.5 Å². The third-order valence-electron chi connectivity index (χ3n) is 2.66. The molecule has 1 rings (SSSR count). The molecule has 9 heteroatoms. The van der Waals surface area contributed by atoms with Gasteiger partial charge >= 0.3 is 0 Å². The van der Waals surface area contributed by atoms with E-state index < -0.39 is 14.9 Å². The van der Waals surface area contributed by atoms with Gasteiger partial charge in [0.15, 0.2) is 0 Å². The van der Waals surface area contributed by atoms with E-state index >= 15 is 0 Å². The van der Waals surface area contributed by atoms with Gasteiger partial charge in [0, 0.05) is 23.9 Å². The monoisotopic (exact) mass is 338 g/mol. The molecule has 20 heavy (non-hydrogen) atoms. The zero-order chi connectivity index (χ0) is 15.3. The van der Waals surface area contributed by atoms with Crippen LogP contribution in [0.15, 0.2) is 23.1 Å². The first-order chi connectivity index (χ1) is 9.27. The SMILES string of the molecule is CSC(C)CCNS(=O)(=O)c1cc([N+](=O)[O-])ccc1Cl. The largest absolute Gasteiger partial charge is 0.270 e. The van der Waals surface area contributed by atoms with Crippen molar-refractivity contribution < 1.29 is 13.3 Å². The molecule has 0 fully saturated rings. The van der Waals surface area contributed by atoms with E-state index in [2.05, 4.69) is 4.72 Å². The first kappa shape index (κ1) is 17.2. The van der Waals surface area contributed by atoms with Crippen molar-refractivity contribution in [2.75, 3.05) is 12.8 Å². The number of thioether (sulfide) groups is 1. The Kier molecular flexibility index (Phi) is 6.25. The van der Waals surface area contributed by atoms with Crippen LogP contribution < -0.4 is 4.72 Å². The molecular weight excluding hydrogens is 324 g/mol. The molecule has 0 aliphatic heterocycles. The van der Waals surface area contributed by atoms with Crippen molar-refractivity contribution in [2.24, 2.45) is 0 Å². The van der Waals surface area contributed by atoms with E-state index in [4.69, 9.17) is 11.6 Å². The average molecular weight is 339 g/mol. The highest BCUT2D eigenvalue weighted by molar-refractivity contribution is 7.99. The quantitative estimate of drug-likeness (QED) is 0.609. The Morgan fingerprint density at radius 3 is 2.70 bits per heavy atom. The van der Waals surface area contributed by atoms with Crippen LogP contribution in [0.25, 0.3) is 0 Å². The van der Waals surface area contributed by atoms with Crippen LogP contribution in [-0.2, 0) is 10.0 Å². The second kappa shape index (κ2) is 7.26. The van der Waals surface area contributed by atoms with Gasteiger partial charge in [-0.3, -0.25) is 10.1 Å². The fraction of sp³-hybridized carbons (Fsp3) is 0.455. The summed E-state index contributed by atoms with van der Waals surface area (Å²) in [6, 6.07) is 3.33. The lowest BCUT2D eigenvalue weighted by molar-refractivity contribution is -0.385. The molecule has 6 nitrogen and oxygen atoms in total. The van der Waals surface area contributed by atoms with Crippen molar-refractivity contribution in [3.63, 3.8) is 0 Å². The number of sulfonamides is 1. The molecule has 1 N–H and O–H groups in total. The maximum absolute atomic E-state index is 12.1. The molecule has 0 bridgehead atoms. The number of nitro benzene ring substituents is 1. The molecule has 0 aromatic heterocycles. The summed E-state index contributed by atoms with van der Waals surface area (Å²) in [5, 5.41) is 11.0. The van der Waals surface area contributed by atoms with Crippen LogP contribution in [0, 0.1) is 10.1 Å². The van der Waals surface area contributed by atoms with E-state index in [1.54, 1.807) is 11.8 Å². The number of hydrogen-bond donors (Lipinski definition) is 1. The number of nitrogens with one attached hydrogen (secondary N) is 1. The first-order valence-electron chi connectivity index (χ1n) is 5.74. The van der Waals surface area contributed by atoms with Gasteiger partial charge in [-0.25, -0.2) is 13.1 Å². The summed E-state index contributed by atoms with van der Waals surface area (Å²) in [7, 11) is -3.85. The Bertz CT molecular complexity index is 592. The van der Waals surface area contributed by atoms with Crippen molar-refractivity contribution in [1.29, 1.82) is 0 Å². The maximum atomic E-state index is 12.1. The summed E-state index contributed by atoms with van der Waals surface area (Å²) < 4.78 is 26.5. The Morgan fingerprint density at radius 2 is 2.15 bits per heavy atom. The van der Waals surface area contributed by atoms with Crippen molar-refractivity contribution in [1.82, 2.24) is 4.72 Å². The number of non-ortho nitro benzene ring substituents is 1. The molecule has 0 aliphatic rings. The van der Waals surface area contributed by atoms with Crippen LogP contribution in [0.2, 0.25) is 5.02 Å². The lowest BCUT2D eigenvalue weighted by atomic mass is 10.3. The maximum Gasteiger partial charge on any atom is 0.270 e. The fourth-order valence-corrected chi connectivity index (χ4v) is 3.32. The topological polar surface area (TPSA) is 89.3 Å². The predicted octanol–water partition coefficient (Wildman–Crippen LogP) is 2.67. The van der Waals surface area contributed by atoms with E-state index in [1.165, 1.54) is 6.07 Å². The van der Waals surface area contributed by atoms with Crippen LogP contribution in [0.5, 0.6) is 0 Å². The predicted molar refractivity (Wildman–Crippen MR) is 80.9 cm³/mol. The summed E-state index contributed by atoms with van der Waals surface area (Å²) in [6.07, 6.45) is 2.60. The standard InChI is InChI=1S/C11H15ClN2O4S2/c1-8(19-2)5-6-13-20(17,18)11-7-9(14(15)16)3-4-10(11)12/h3-4,7-8,13H,5-6H2,1-2H3. The summed E-state index contributed by atoms with van der Waals surface area (Å²) in [5.74, 6) is 0. The van der Waals surface area contributed by atoms with Gasteiger partial charge in [-0.15, -0.1) is 0 Å². The molecule has 1 aromatic rings. The molecule has 0 aliphatic carbocycles. The second-order valence-electron chi connectivity index (χ2n) is 4.10. The highest BCUT2D eigenvalue weighted by Gasteiger charge is 2.21. The molecule has 1 unspecified atom stereocenters. The summed E-state index contributed by atoms with van der Waals surface area (Å²) in [4.78, 5) is 9.74. The molecule has 112 valence electrons. The van der Waals surface area contributed by atoms with Crippen LogP contribution >= 0.6 is 23.4 Å². The molecule has 1 atom stereocenters. The summed E-state index contributed by atoms with van der Waals surface area (Å²) in [5.41, 5.74) is -0.313. The summed E-state index contributed by atoms with van der Waals surface area (Å²) >= 11 is 7.44. The summed E-state index contributed by atoms with van der Waals surface area (Å²) in [6.45, 7) is 2.24. The lowest BCUT2D eigenvalue weighted by Crippen LogP contribution is -2.26. The van der Waals surface area contributed by atoms with Gasteiger partial charge in [-0.2, -0.15) is 11.8 Å². The molecular formula is C11H15ClN2O4S2. The van der Waals surface area contributed by atoms with Crippen molar-refractivity contribution in [3.8, 4) is 0 Å². The third kappa shape index (κ3) is 4.62. The molecule has 1 aromatic carbocycles. The average Bonchev–Trinajstić information content (AvgIpc) is 2.38. The van der Waals surface area contributed by atoms with Gasteiger partial charge in [-0.05, 0) is 18.7 Å². The number of hydrogen-bond acceptors (Lipinski definition) is 5. The van der Waals surface area contributed by atoms with Crippen LogP contribution in [0.1, 0.15) is 13.3 Å². The van der Waals surface area contributed by atoms with Crippen LogP contribution in [0.4, 0.5) is 5.69 Å². The van der Waals surface area contributed by atoms with Gasteiger partial charge in [0.25, 0.3) is 5.69 Å². The highest BCUT2D eigenvalue weighted by atomic mass is 35.5. The van der Waals surface area contributed by atoms with E-state index in [1.807, 2.05) is 13.2 Å². The van der Waals surface area contributed by atoms with Crippen LogP contribution in [0.3, 0.4) is 0 Å². The third-order valence-corrected chi connectivity index (χ3v) is 5.64. The van der Waals surface area contributed by atoms with Gasteiger partial charge in [-0.1, -0.05) is 18.5 Å². The van der Waals surface area contributed by atoms with Crippen molar-refractivity contribution in [3.05, 3.63) is 33.3 Å². The number of halogens is 1. The molecule has 0 radical (unpaired) electrons. The van der Waals surface area contributed by atoms with Crippen molar-refractivity contribution >= 4 is 39.1 Å². The van der Waals surface area contributed by atoms with E-state index in [0.717, 1.165) is 12.1 Å². The van der Waals surface area contributed by atoms with Crippen LogP contribution in [-0.4, -0.2) is 31.4 Å². The minimum atomic E-state index is -3.85. The molecule has 0 saturated heterocycles. The smallest absolute Gasteiger partial charge is 0.258 e. The van der Waals surface area contributed by atoms with E-state index in [-0.39, 0.29) is 22.2 Å². The number of benzene rings is 1. The Hall–Kier alpha value is -0.830. The van der Waals surface area contributed by atoms with E-state index in [0.29, 0.717) is 11.7 Å². The number of nitro groups is 1. The zero-order valence-electron chi connectivity index (χ0n) is 11.0. The van der Waals surface area contributed by atoms with Gasteiger partial charge in [0.2, 0.25) is 10.0 Å². The minimum absolute atomic E-state index is 0.0407. The number of nitrogens with zero attached hydrogens (tertiary/aromatic N) is 1. The Balaban J connectivity index is 2.92. The first-order valence-corrected chi connectivity index (χ1v) is 8.89. The lowest BCUT2D eigenvalue weighted by Gasteiger charge is -2.10. The highest BCUT2D eigenvalue weighted by Crippen LogP contribution is 2.26. The Labute approximate surface area is 127 Å². The van der Waals surface area contributed by atoms with Gasteiger partial charge < -0.3 is 0 Å². The van der Waals surface area contributed by atoms with Gasteiger partial charge in [0.1, 0.15) is 4.90 Å².